The maximum atomic E-state index is 12.7. The summed E-state index contributed by atoms with van der Waals surface area (Å²) in [6.45, 7) is 2.42. The van der Waals surface area contributed by atoms with Crippen molar-refractivity contribution in [1.29, 1.82) is 0 Å². The Labute approximate surface area is 221 Å². The third-order valence-corrected chi connectivity index (χ3v) is 7.99. The van der Waals surface area contributed by atoms with E-state index in [1.54, 1.807) is 36.7 Å². The number of carboxylic acid groups (broad SMARTS) is 1. The van der Waals surface area contributed by atoms with Crippen LogP contribution in [0.1, 0.15) is 30.1 Å². The molecule has 0 saturated carbocycles. The van der Waals surface area contributed by atoms with Gasteiger partial charge >= 0.3 is 5.97 Å². The molecular formula is C26H30N6O5S. The van der Waals surface area contributed by atoms with Gasteiger partial charge in [0.2, 0.25) is 16.0 Å². The molecule has 2 heterocycles. The topological polar surface area (TPSA) is 154 Å². The van der Waals surface area contributed by atoms with Crippen LogP contribution < -0.4 is 20.3 Å². The van der Waals surface area contributed by atoms with Crippen molar-refractivity contribution in [3.8, 4) is 0 Å². The smallest absolute Gasteiger partial charge is 0.326 e. The molecule has 0 aliphatic carbocycles. The lowest BCUT2D eigenvalue weighted by Gasteiger charge is -2.34. The average molecular weight is 539 g/mol. The molecule has 1 fully saturated rings. The molecule has 0 bridgehead atoms. The predicted molar refractivity (Wildman–Crippen MR) is 142 cm³/mol. The Hall–Kier alpha value is -4.03. The number of aromatic nitrogens is 2. The van der Waals surface area contributed by atoms with Gasteiger partial charge in [0.15, 0.2) is 0 Å². The maximum absolute atomic E-state index is 12.7. The van der Waals surface area contributed by atoms with Crippen LogP contribution in [0.4, 0.5) is 11.6 Å². The first-order chi connectivity index (χ1) is 18.2. The molecule has 0 spiro atoms. The van der Waals surface area contributed by atoms with Gasteiger partial charge in [0, 0.05) is 49.3 Å². The zero-order chi connectivity index (χ0) is 27.2. The summed E-state index contributed by atoms with van der Waals surface area (Å²) >= 11 is 0. The highest BCUT2D eigenvalue weighted by Crippen LogP contribution is 2.22. The number of piperidine rings is 1. The third kappa shape index (κ3) is 6.64. The van der Waals surface area contributed by atoms with E-state index in [1.807, 2.05) is 12.1 Å². The van der Waals surface area contributed by atoms with Crippen LogP contribution in [-0.2, 0) is 14.8 Å². The summed E-state index contributed by atoms with van der Waals surface area (Å²) in [5.74, 6) is -1.30. The number of carbonyl (C=O) groups excluding carboxylic acids is 1. The van der Waals surface area contributed by atoms with Crippen molar-refractivity contribution >= 4 is 33.5 Å². The van der Waals surface area contributed by atoms with E-state index in [0.29, 0.717) is 11.5 Å². The number of rotatable bonds is 10. The van der Waals surface area contributed by atoms with Gasteiger partial charge in [-0.1, -0.05) is 18.2 Å². The molecule has 1 aromatic heterocycles. The van der Waals surface area contributed by atoms with Gasteiger partial charge in [0.25, 0.3) is 5.91 Å². The second kappa shape index (κ2) is 11.6. The predicted octanol–water partition coefficient (Wildman–Crippen LogP) is 2.11. The molecule has 11 nitrogen and oxygen atoms in total. The molecule has 1 aliphatic heterocycles. The number of carbonyl (C=O) groups is 2. The average Bonchev–Trinajstić information content (AvgIpc) is 2.93. The SMILES string of the molecule is C[C@@](CNC(=O)c1ccc(N2CCC(Nc3ncccn3)CC2)cc1)(NS(=O)(=O)c1ccccc1)C(=O)O. The van der Waals surface area contributed by atoms with Crippen molar-refractivity contribution in [2.75, 3.05) is 29.9 Å². The van der Waals surface area contributed by atoms with E-state index in [9.17, 15) is 23.1 Å². The largest absolute Gasteiger partial charge is 0.480 e. The minimum Gasteiger partial charge on any atom is -0.480 e. The van der Waals surface area contributed by atoms with Crippen LogP contribution in [0.3, 0.4) is 0 Å². The van der Waals surface area contributed by atoms with E-state index in [1.165, 1.54) is 31.2 Å². The number of sulfonamides is 1. The second-order valence-corrected chi connectivity index (χ2v) is 10.9. The molecule has 4 N–H and O–H groups in total. The number of carboxylic acids is 1. The van der Waals surface area contributed by atoms with Gasteiger partial charge < -0.3 is 20.6 Å². The maximum Gasteiger partial charge on any atom is 0.326 e. The Kier molecular flexibility index (Phi) is 8.23. The number of nitrogens with zero attached hydrogens (tertiary/aromatic N) is 3. The van der Waals surface area contributed by atoms with E-state index in [-0.39, 0.29) is 10.9 Å². The van der Waals surface area contributed by atoms with Crippen LogP contribution in [-0.4, -0.2) is 66.6 Å². The van der Waals surface area contributed by atoms with E-state index >= 15 is 0 Å². The summed E-state index contributed by atoms with van der Waals surface area (Å²) in [6, 6.07) is 16.5. The highest BCUT2D eigenvalue weighted by Gasteiger charge is 2.38. The van der Waals surface area contributed by atoms with Crippen molar-refractivity contribution < 1.29 is 23.1 Å². The van der Waals surface area contributed by atoms with Crippen LogP contribution in [0.15, 0.2) is 78.0 Å². The van der Waals surface area contributed by atoms with Gasteiger partial charge in [-0.2, -0.15) is 4.72 Å². The fourth-order valence-electron chi connectivity index (χ4n) is 4.13. The summed E-state index contributed by atoms with van der Waals surface area (Å²) in [4.78, 5) is 35.2. The van der Waals surface area contributed by atoms with Gasteiger partial charge in [0.1, 0.15) is 5.54 Å². The number of nitrogens with one attached hydrogen (secondary N) is 3. The van der Waals surface area contributed by atoms with Gasteiger partial charge in [-0.3, -0.25) is 9.59 Å². The van der Waals surface area contributed by atoms with Crippen LogP contribution >= 0.6 is 0 Å². The Balaban J connectivity index is 1.32. The van der Waals surface area contributed by atoms with Crippen molar-refractivity contribution in [3.05, 3.63) is 78.6 Å². The molecule has 200 valence electrons. The molecule has 4 rings (SSSR count). The number of aliphatic carboxylic acids is 1. The van der Waals surface area contributed by atoms with Crippen LogP contribution in [0, 0.1) is 0 Å². The summed E-state index contributed by atoms with van der Waals surface area (Å²) in [5.41, 5.74) is -0.639. The number of benzene rings is 2. The summed E-state index contributed by atoms with van der Waals surface area (Å²) in [6.07, 6.45) is 5.22. The van der Waals surface area contributed by atoms with Crippen molar-refractivity contribution in [2.45, 2.75) is 36.2 Å². The van der Waals surface area contributed by atoms with Gasteiger partial charge in [-0.15, -0.1) is 0 Å². The van der Waals surface area contributed by atoms with Crippen LogP contribution in [0.25, 0.3) is 0 Å². The van der Waals surface area contributed by atoms with E-state index in [2.05, 4.69) is 30.2 Å². The highest BCUT2D eigenvalue weighted by atomic mass is 32.2. The number of anilines is 2. The minimum absolute atomic E-state index is 0.0670. The number of hydrogen-bond donors (Lipinski definition) is 4. The van der Waals surface area contributed by atoms with E-state index in [4.69, 9.17) is 0 Å². The molecule has 1 amide bonds. The lowest BCUT2D eigenvalue weighted by atomic mass is 10.0. The first-order valence-electron chi connectivity index (χ1n) is 12.2. The first-order valence-corrected chi connectivity index (χ1v) is 13.6. The third-order valence-electron chi connectivity index (χ3n) is 6.38. The lowest BCUT2D eigenvalue weighted by Crippen LogP contribution is -2.58. The standard InChI is InChI=1S/C26H30N6O5S/c1-26(24(34)35,31-38(36,37)22-6-3-2-4-7-22)18-29-23(33)19-8-10-21(11-9-19)32-16-12-20(13-17-32)30-25-27-14-5-15-28-25/h2-11,14-15,20,31H,12-13,16-18H2,1H3,(H,29,33)(H,34,35)(H,27,28,30)/t26-/m0/s1. The molecule has 3 aromatic rings. The normalized spacial score (nSPS) is 15.9. The molecule has 1 atom stereocenters. The quantitative estimate of drug-likeness (QED) is 0.304. The summed E-state index contributed by atoms with van der Waals surface area (Å²) in [5, 5.41) is 15.6. The fraction of sp³-hybridized carbons (Fsp3) is 0.308. The Morgan fingerprint density at radius 1 is 1.00 bits per heavy atom. The van der Waals surface area contributed by atoms with Gasteiger partial charge in [-0.25, -0.2) is 18.4 Å². The lowest BCUT2D eigenvalue weighted by molar-refractivity contribution is -0.143. The van der Waals surface area contributed by atoms with Crippen LogP contribution in [0.2, 0.25) is 0 Å². The Morgan fingerprint density at radius 3 is 2.24 bits per heavy atom. The van der Waals surface area contributed by atoms with E-state index < -0.39 is 34.0 Å². The number of hydrogen-bond acceptors (Lipinski definition) is 8. The molecular weight excluding hydrogens is 508 g/mol. The summed E-state index contributed by atoms with van der Waals surface area (Å²) in [7, 11) is -4.11. The highest BCUT2D eigenvalue weighted by molar-refractivity contribution is 7.89. The van der Waals surface area contributed by atoms with Crippen molar-refractivity contribution in [3.63, 3.8) is 0 Å². The Morgan fingerprint density at radius 2 is 1.63 bits per heavy atom. The molecule has 0 radical (unpaired) electrons. The minimum atomic E-state index is -4.11. The Bertz CT molecular complexity index is 1350. The van der Waals surface area contributed by atoms with E-state index in [0.717, 1.165) is 31.6 Å². The molecule has 1 aliphatic rings. The summed E-state index contributed by atoms with van der Waals surface area (Å²) < 4.78 is 27.5. The monoisotopic (exact) mass is 538 g/mol. The zero-order valence-electron chi connectivity index (χ0n) is 20.9. The van der Waals surface area contributed by atoms with Crippen LogP contribution in [0.5, 0.6) is 0 Å². The van der Waals surface area contributed by atoms with Crippen molar-refractivity contribution in [1.82, 2.24) is 20.0 Å². The zero-order valence-corrected chi connectivity index (χ0v) is 21.7. The van der Waals surface area contributed by atoms with Gasteiger partial charge in [0.05, 0.1) is 4.90 Å². The number of amides is 1. The fourth-order valence-corrected chi connectivity index (χ4v) is 5.52. The molecule has 2 aromatic carbocycles. The molecule has 38 heavy (non-hydrogen) atoms. The molecule has 12 heteroatoms. The molecule has 1 saturated heterocycles. The van der Waals surface area contributed by atoms with Gasteiger partial charge in [-0.05, 0) is 62.2 Å². The first kappa shape index (κ1) is 27.0. The second-order valence-electron chi connectivity index (χ2n) is 9.26. The molecule has 0 unspecified atom stereocenters. The van der Waals surface area contributed by atoms with Crippen molar-refractivity contribution in [2.24, 2.45) is 0 Å².